The Morgan fingerprint density at radius 2 is 1.40 bits per heavy atom. The highest BCUT2D eigenvalue weighted by Gasteiger charge is 2.43. The van der Waals surface area contributed by atoms with Gasteiger partial charge in [-0.2, -0.15) is 0 Å². The zero-order valence-electron chi connectivity index (χ0n) is 15.0. The molecule has 0 aromatic heterocycles. The maximum atomic E-state index is 13.2. The highest BCUT2D eigenvalue weighted by molar-refractivity contribution is 5.87. The first-order valence-electron chi connectivity index (χ1n) is 8.66. The van der Waals surface area contributed by atoms with Gasteiger partial charge in [0.25, 0.3) is 0 Å². The maximum absolute atomic E-state index is 13.2. The van der Waals surface area contributed by atoms with Crippen LogP contribution in [0.2, 0.25) is 0 Å². The van der Waals surface area contributed by atoms with Crippen LogP contribution >= 0.6 is 0 Å². The van der Waals surface area contributed by atoms with Gasteiger partial charge in [-0.05, 0) is 47.7 Å². The van der Waals surface area contributed by atoms with Crippen LogP contribution in [0.5, 0.6) is 11.5 Å². The molecule has 4 nitrogen and oxygen atoms in total. The Labute approximate surface area is 149 Å². The minimum absolute atomic E-state index is 0.149. The molecule has 0 radical (unpaired) electrons. The number of phenolic OH excluding ortho intramolecular Hbond substituents is 2. The summed E-state index contributed by atoms with van der Waals surface area (Å²) in [5.41, 5.74) is 0.573. The fourth-order valence-electron chi connectivity index (χ4n) is 3.03. The van der Waals surface area contributed by atoms with E-state index in [-0.39, 0.29) is 23.4 Å². The van der Waals surface area contributed by atoms with E-state index in [2.05, 4.69) is 0 Å². The quantitative estimate of drug-likeness (QED) is 0.733. The maximum Gasteiger partial charge on any atom is 0.321 e. The standard InChI is InChI=1S/C21H26O4/c1-4-13-21(20(24)25-14-15(2)3,16-5-9-18(22)10-6-16)17-7-11-19(23)12-8-17/h5-12,15,22-23H,4,13-14H2,1-3H3. The molecule has 0 fully saturated rings. The van der Waals surface area contributed by atoms with Gasteiger partial charge in [-0.1, -0.05) is 51.5 Å². The predicted octanol–water partition coefficient (Wildman–Crippen LogP) is 4.38. The summed E-state index contributed by atoms with van der Waals surface area (Å²) in [6.07, 6.45) is 1.35. The Bertz CT molecular complexity index is 641. The van der Waals surface area contributed by atoms with Gasteiger partial charge in [-0.3, -0.25) is 4.79 Å². The third kappa shape index (κ3) is 4.13. The molecule has 2 aromatic rings. The van der Waals surface area contributed by atoms with Crippen LogP contribution in [-0.2, 0) is 14.9 Å². The van der Waals surface area contributed by atoms with Gasteiger partial charge < -0.3 is 14.9 Å². The van der Waals surface area contributed by atoms with Crippen molar-refractivity contribution in [3.63, 3.8) is 0 Å². The zero-order valence-corrected chi connectivity index (χ0v) is 15.0. The Balaban J connectivity index is 2.59. The van der Waals surface area contributed by atoms with Gasteiger partial charge in [-0.15, -0.1) is 0 Å². The van der Waals surface area contributed by atoms with E-state index in [4.69, 9.17) is 4.74 Å². The van der Waals surface area contributed by atoms with Crippen LogP contribution < -0.4 is 0 Å². The van der Waals surface area contributed by atoms with Crippen LogP contribution in [0.4, 0.5) is 0 Å². The van der Waals surface area contributed by atoms with E-state index >= 15 is 0 Å². The lowest BCUT2D eigenvalue weighted by molar-refractivity contribution is -0.150. The van der Waals surface area contributed by atoms with E-state index in [0.717, 1.165) is 17.5 Å². The molecule has 2 N–H and O–H groups in total. The van der Waals surface area contributed by atoms with E-state index in [0.29, 0.717) is 13.0 Å². The molecule has 2 aromatic carbocycles. The number of phenols is 2. The largest absolute Gasteiger partial charge is 0.508 e. The molecule has 0 aliphatic heterocycles. The molecule has 4 heteroatoms. The number of benzene rings is 2. The van der Waals surface area contributed by atoms with Gasteiger partial charge in [0.15, 0.2) is 0 Å². The lowest BCUT2D eigenvalue weighted by Crippen LogP contribution is -2.39. The van der Waals surface area contributed by atoms with E-state index < -0.39 is 5.41 Å². The normalized spacial score (nSPS) is 11.5. The molecule has 0 atom stereocenters. The summed E-state index contributed by atoms with van der Waals surface area (Å²) in [5.74, 6) is 0.230. The smallest absolute Gasteiger partial charge is 0.321 e. The number of carbonyl (C=O) groups is 1. The third-order valence-corrected chi connectivity index (χ3v) is 4.24. The Morgan fingerprint density at radius 3 is 1.76 bits per heavy atom. The molecular weight excluding hydrogens is 316 g/mol. The van der Waals surface area contributed by atoms with Crippen LogP contribution in [0.1, 0.15) is 44.7 Å². The molecule has 0 amide bonds. The highest BCUT2D eigenvalue weighted by Crippen LogP contribution is 2.39. The van der Waals surface area contributed by atoms with Gasteiger partial charge in [0, 0.05) is 0 Å². The molecule has 0 bridgehead atoms. The van der Waals surface area contributed by atoms with E-state index in [9.17, 15) is 15.0 Å². The summed E-state index contributed by atoms with van der Waals surface area (Å²) < 4.78 is 5.63. The molecule has 2 rings (SSSR count). The first-order valence-corrected chi connectivity index (χ1v) is 8.66. The molecular formula is C21H26O4. The third-order valence-electron chi connectivity index (χ3n) is 4.24. The van der Waals surface area contributed by atoms with Crippen molar-refractivity contribution in [3.05, 3.63) is 59.7 Å². The first kappa shape index (κ1) is 18.8. The zero-order chi connectivity index (χ0) is 18.4. The van der Waals surface area contributed by atoms with Crippen molar-refractivity contribution < 1.29 is 19.7 Å². The van der Waals surface area contributed by atoms with Crippen molar-refractivity contribution in [3.8, 4) is 11.5 Å². The molecule has 0 heterocycles. The second-order valence-electron chi connectivity index (χ2n) is 6.74. The van der Waals surface area contributed by atoms with Crippen molar-refractivity contribution in [2.75, 3.05) is 6.61 Å². The minimum Gasteiger partial charge on any atom is -0.508 e. The van der Waals surface area contributed by atoms with Crippen molar-refractivity contribution >= 4 is 5.97 Å². The number of hydrogen-bond donors (Lipinski definition) is 2. The molecule has 0 aliphatic rings. The summed E-state index contributed by atoms with van der Waals surface area (Å²) in [6.45, 7) is 6.36. The molecule has 0 aliphatic carbocycles. The van der Waals surface area contributed by atoms with Crippen molar-refractivity contribution in [2.45, 2.75) is 39.0 Å². The second-order valence-corrected chi connectivity index (χ2v) is 6.74. The van der Waals surface area contributed by atoms with E-state index in [1.54, 1.807) is 48.5 Å². The summed E-state index contributed by atoms with van der Waals surface area (Å²) in [5, 5.41) is 19.2. The number of carbonyl (C=O) groups excluding carboxylic acids is 1. The van der Waals surface area contributed by atoms with Gasteiger partial charge >= 0.3 is 5.97 Å². The summed E-state index contributed by atoms with van der Waals surface area (Å²) in [6, 6.07) is 13.4. The second kappa shape index (κ2) is 8.06. The monoisotopic (exact) mass is 342 g/mol. The molecule has 0 saturated carbocycles. The fraction of sp³-hybridized carbons (Fsp3) is 0.381. The van der Waals surface area contributed by atoms with Gasteiger partial charge in [0.05, 0.1) is 6.61 Å². The van der Waals surface area contributed by atoms with Gasteiger partial charge in [0.2, 0.25) is 0 Å². The molecule has 0 unspecified atom stereocenters. The average molecular weight is 342 g/mol. The lowest BCUT2D eigenvalue weighted by atomic mass is 9.71. The number of aromatic hydroxyl groups is 2. The van der Waals surface area contributed by atoms with Crippen LogP contribution in [0.15, 0.2) is 48.5 Å². The van der Waals surface area contributed by atoms with Gasteiger partial charge in [-0.25, -0.2) is 0 Å². The number of hydrogen-bond acceptors (Lipinski definition) is 4. The summed E-state index contributed by atoms with van der Waals surface area (Å²) in [7, 11) is 0. The molecule has 25 heavy (non-hydrogen) atoms. The Kier molecular flexibility index (Phi) is 6.07. The van der Waals surface area contributed by atoms with Crippen molar-refractivity contribution in [1.29, 1.82) is 0 Å². The summed E-state index contributed by atoms with van der Waals surface area (Å²) >= 11 is 0. The minimum atomic E-state index is -0.967. The fourth-order valence-corrected chi connectivity index (χ4v) is 3.03. The molecule has 134 valence electrons. The van der Waals surface area contributed by atoms with Gasteiger partial charge in [0.1, 0.15) is 16.9 Å². The SMILES string of the molecule is CCCC(C(=O)OCC(C)C)(c1ccc(O)cc1)c1ccc(O)cc1. The van der Waals surface area contributed by atoms with E-state index in [1.165, 1.54) is 0 Å². The molecule has 0 saturated heterocycles. The van der Waals surface area contributed by atoms with Crippen LogP contribution in [0.3, 0.4) is 0 Å². The lowest BCUT2D eigenvalue weighted by Gasteiger charge is -2.33. The first-order chi connectivity index (χ1) is 11.9. The van der Waals surface area contributed by atoms with Crippen LogP contribution in [0.25, 0.3) is 0 Å². The Morgan fingerprint density at radius 1 is 0.960 bits per heavy atom. The topological polar surface area (TPSA) is 66.8 Å². The average Bonchev–Trinajstić information content (AvgIpc) is 2.59. The predicted molar refractivity (Wildman–Crippen MR) is 97.7 cm³/mol. The molecule has 0 spiro atoms. The van der Waals surface area contributed by atoms with E-state index in [1.807, 2.05) is 20.8 Å². The van der Waals surface area contributed by atoms with Crippen LogP contribution in [-0.4, -0.2) is 22.8 Å². The number of ether oxygens (including phenoxy) is 1. The van der Waals surface area contributed by atoms with Crippen molar-refractivity contribution in [1.82, 2.24) is 0 Å². The number of rotatable bonds is 7. The highest BCUT2D eigenvalue weighted by atomic mass is 16.5. The Hall–Kier alpha value is -2.49. The number of esters is 1. The summed E-state index contributed by atoms with van der Waals surface area (Å²) in [4.78, 5) is 13.2. The van der Waals surface area contributed by atoms with Crippen molar-refractivity contribution in [2.24, 2.45) is 5.92 Å². The van der Waals surface area contributed by atoms with Crippen LogP contribution in [0, 0.1) is 5.92 Å².